The van der Waals surface area contributed by atoms with Crippen molar-refractivity contribution in [3.8, 4) is 6.07 Å². The van der Waals surface area contributed by atoms with Gasteiger partial charge in [0, 0.05) is 5.39 Å². The van der Waals surface area contributed by atoms with E-state index < -0.39 is 0 Å². The molecule has 0 radical (unpaired) electrons. The van der Waals surface area contributed by atoms with Crippen LogP contribution in [-0.4, -0.2) is 22.2 Å². The Labute approximate surface area is 118 Å². The lowest BCUT2D eigenvalue weighted by Crippen LogP contribution is -2.36. The van der Waals surface area contributed by atoms with Crippen molar-refractivity contribution >= 4 is 16.7 Å². The van der Waals surface area contributed by atoms with Gasteiger partial charge >= 0.3 is 0 Å². The maximum absolute atomic E-state index is 10.0. The Bertz CT molecular complexity index is 662. The molecule has 0 bridgehead atoms. The lowest BCUT2D eigenvalue weighted by molar-refractivity contribution is 0.116. The van der Waals surface area contributed by atoms with Gasteiger partial charge in [0.1, 0.15) is 5.82 Å². The SMILES string of the molecule is N#Cc1cc(NC2CCCCC2O)nc2ccccc12. The summed E-state index contributed by atoms with van der Waals surface area (Å²) in [6.07, 6.45) is 3.64. The fourth-order valence-corrected chi connectivity index (χ4v) is 2.81. The third-order valence-electron chi connectivity index (χ3n) is 3.90. The highest BCUT2D eigenvalue weighted by atomic mass is 16.3. The van der Waals surface area contributed by atoms with E-state index in [2.05, 4.69) is 16.4 Å². The summed E-state index contributed by atoms with van der Waals surface area (Å²) in [5, 5.41) is 23.4. The van der Waals surface area contributed by atoms with Crippen LogP contribution in [0, 0.1) is 11.3 Å². The first kappa shape index (κ1) is 12.9. The third kappa shape index (κ3) is 2.45. The molecule has 1 fully saturated rings. The Morgan fingerprint density at radius 1 is 1.25 bits per heavy atom. The Hall–Kier alpha value is -2.12. The number of nitrogens with zero attached hydrogens (tertiary/aromatic N) is 2. The summed E-state index contributed by atoms with van der Waals surface area (Å²) in [6.45, 7) is 0. The number of nitriles is 1. The number of hydrogen-bond acceptors (Lipinski definition) is 4. The second-order valence-electron chi connectivity index (χ2n) is 5.29. The largest absolute Gasteiger partial charge is 0.391 e. The van der Waals surface area contributed by atoms with Crippen molar-refractivity contribution in [2.75, 3.05) is 5.32 Å². The highest BCUT2D eigenvalue weighted by Crippen LogP contribution is 2.24. The number of pyridine rings is 1. The Kier molecular flexibility index (Phi) is 3.53. The predicted octanol–water partition coefficient (Wildman–Crippen LogP) is 2.82. The van der Waals surface area contributed by atoms with Gasteiger partial charge in [0.05, 0.1) is 29.3 Å². The average Bonchev–Trinajstić information content (AvgIpc) is 2.49. The van der Waals surface area contributed by atoms with Crippen LogP contribution >= 0.6 is 0 Å². The van der Waals surface area contributed by atoms with Gasteiger partial charge in [-0.05, 0) is 25.0 Å². The minimum absolute atomic E-state index is 0.0314. The van der Waals surface area contributed by atoms with Crippen molar-refractivity contribution < 1.29 is 5.11 Å². The molecule has 1 heterocycles. The van der Waals surface area contributed by atoms with Crippen LogP contribution in [0.15, 0.2) is 30.3 Å². The molecule has 2 atom stereocenters. The van der Waals surface area contributed by atoms with Crippen molar-refractivity contribution in [2.24, 2.45) is 0 Å². The van der Waals surface area contributed by atoms with Gasteiger partial charge in [-0.3, -0.25) is 0 Å². The minimum Gasteiger partial charge on any atom is -0.391 e. The first-order valence-corrected chi connectivity index (χ1v) is 7.02. The summed E-state index contributed by atoms with van der Waals surface area (Å²) < 4.78 is 0. The highest BCUT2D eigenvalue weighted by Gasteiger charge is 2.23. The summed E-state index contributed by atoms with van der Waals surface area (Å²) in [5.41, 5.74) is 1.42. The van der Waals surface area contributed by atoms with Crippen LogP contribution < -0.4 is 5.32 Å². The molecule has 3 rings (SSSR count). The maximum Gasteiger partial charge on any atom is 0.128 e. The molecule has 2 aromatic rings. The van der Waals surface area contributed by atoms with Crippen molar-refractivity contribution in [2.45, 2.75) is 37.8 Å². The van der Waals surface area contributed by atoms with Crippen LogP contribution in [-0.2, 0) is 0 Å². The number of nitrogens with one attached hydrogen (secondary N) is 1. The molecular formula is C16H17N3O. The second-order valence-corrected chi connectivity index (χ2v) is 5.29. The van der Waals surface area contributed by atoms with E-state index >= 15 is 0 Å². The third-order valence-corrected chi connectivity index (χ3v) is 3.90. The molecule has 1 aromatic heterocycles. The van der Waals surface area contributed by atoms with Crippen LogP contribution in [0.1, 0.15) is 31.2 Å². The number of benzene rings is 1. The summed E-state index contributed by atoms with van der Waals surface area (Å²) in [7, 11) is 0. The molecular weight excluding hydrogens is 250 g/mol. The molecule has 1 aromatic carbocycles. The first-order chi connectivity index (χ1) is 9.78. The van der Waals surface area contributed by atoms with Crippen LogP contribution in [0.5, 0.6) is 0 Å². The molecule has 1 aliphatic carbocycles. The number of hydrogen-bond donors (Lipinski definition) is 2. The van der Waals surface area contributed by atoms with Gasteiger partial charge in [-0.25, -0.2) is 4.98 Å². The molecule has 20 heavy (non-hydrogen) atoms. The van der Waals surface area contributed by atoms with E-state index in [9.17, 15) is 10.4 Å². The van der Waals surface area contributed by atoms with Gasteiger partial charge in [-0.2, -0.15) is 5.26 Å². The van der Waals surface area contributed by atoms with Gasteiger partial charge in [0.25, 0.3) is 0 Å². The number of para-hydroxylation sites is 1. The van der Waals surface area contributed by atoms with Crippen LogP contribution in [0.2, 0.25) is 0 Å². The zero-order valence-corrected chi connectivity index (χ0v) is 11.2. The van der Waals surface area contributed by atoms with Crippen molar-refractivity contribution in [1.29, 1.82) is 5.26 Å². The summed E-state index contributed by atoms with van der Waals surface area (Å²) in [6, 6.07) is 11.6. The summed E-state index contributed by atoms with van der Waals surface area (Å²) >= 11 is 0. The van der Waals surface area contributed by atoms with Gasteiger partial charge in [-0.15, -0.1) is 0 Å². The predicted molar refractivity (Wildman–Crippen MR) is 78.3 cm³/mol. The molecule has 0 amide bonds. The highest BCUT2D eigenvalue weighted by molar-refractivity contribution is 5.86. The number of fused-ring (bicyclic) bond motifs is 1. The summed E-state index contributed by atoms with van der Waals surface area (Å²) in [4.78, 5) is 4.54. The van der Waals surface area contributed by atoms with E-state index in [1.807, 2.05) is 24.3 Å². The van der Waals surface area contributed by atoms with Crippen LogP contribution in [0.4, 0.5) is 5.82 Å². The van der Waals surface area contributed by atoms with Gasteiger partial charge in [0.2, 0.25) is 0 Å². The quantitative estimate of drug-likeness (QED) is 0.878. The monoisotopic (exact) mass is 267 g/mol. The molecule has 4 nitrogen and oxygen atoms in total. The smallest absolute Gasteiger partial charge is 0.128 e. The topological polar surface area (TPSA) is 68.9 Å². The number of aromatic nitrogens is 1. The number of rotatable bonds is 2. The molecule has 1 saturated carbocycles. The van der Waals surface area contributed by atoms with E-state index in [0.29, 0.717) is 11.4 Å². The molecule has 0 aliphatic heterocycles. The molecule has 4 heteroatoms. The molecule has 102 valence electrons. The van der Waals surface area contributed by atoms with E-state index in [-0.39, 0.29) is 12.1 Å². The van der Waals surface area contributed by atoms with E-state index in [0.717, 1.165) is 36.6 Å². The lowest BCUT2D eigenvalue weighted by atomic mass is 9.92. The average molecular weight is 267 g/mol. The van der Waals surface area contributed by atoms with Crippen LogP contribution in [0.25, 0.3) is 10.9 Å². The van der Waals surface area contributed by atoms with Gasteiger partial charge < -0.3 is 10.4 Å². The zero-order valence-electron chi connectivity index (χ0n) is 11.2. The first-order valence-electron chi connectivity index (χ1n) is 7.02. The molecule has 2 unspecified atom stereocenters. The number of anilines is 1. The van der Waals surface area contributed by atoms with Crippen molar-refractivity contribution in [1.82, 2.24) is 4.98 Å². The molecule has 0 saturated heterocycles. The Morgan fingerprint density at radius 2 is 2.05 bits per heavy atom. The van der Waals surface area contributed by atoms with Crippen molar-refractivity contribution in [3.63, 3.8) is 0 Å². The van der Waals surface area contributed by atoms with E-state index in [1.54, 1.807) is 6.07 Å². The molecule has 1 aliphatic rings. The van der Waals surface area contributed by atoms with Crippen molar-refractivity contribution in [3.05, 3.63) is 35.9 Å². The fourth-order valence-electron chi connectivity index (χ4n) is 2.81. The van der Waals surface area contributed by atoms with Gasteiger partial charge in [0.15, 0.2) is 0 Å². The van der Waals surface area contributed by atoms with Crippen LogP contribution in [0.3, 0.4) is 0 Å². The minimum atomic E-state index is -0.331. The molecule has 0 spiro atoms. The standard InChI is InChI=1S/C16H17N3O/c17-10-11-9-16(18-13-6-2-1-5-12(11)13)19-14-7-3-4-8-15(14)20/h1-2,5-6,9,14-15,20H,3-4,7-8H2,(H,18,19). The Morgan fingerprint density at radius 3 is 2.85 bits per heavy atom. The Balaban J connectivity index is 1.94. The van der Waals surface area contributed by atoms with E-state index in [1.165, 1.54) is 0 Å². The van der Waals surface area contributed by atoms with Gasteiger partial charge in [-0.1, -0.05) is 31.0 Å². The van der Waals surface area contributed by atoms with E-state index in [4.69, 9.17) is 0 Å². The molecule has 2 N–H and O–H groups in total. The number of aliphatic hydroxyl groups excluding tert-OH is 1. The maximum atomic E-state index is 10.0. The summed E-state index contributed by atoms with van der Waals surface area (Å²) in [5.74, 6) is 0.672. The normalized spacial score (nSPS) is 22.4. The zero-order chi connectivity index (χ0) is 13.9. The lowest BCUT2D eigenvalue weighted by Gasteiger charge is -2.28. The number of aliphatic hydroxyl groups is 1. The second kappa shape index (κ2) is 5.48. The fraction of sp³-hybridized carbons (Fsp3) is 0.375.